The summed E-state index contributed by atoms with van der Waals surface area (Å²) in [4.78, 5) is 25.3. The SMILES string of the molecule is C[C@]12CCC(=O)C=C1CC[C@@H]1[C@@H]2[C@@H](O)C[C@@]2(C)[C@H]1CC[C@]2(O)C(=O)C(O)O[Si](C)(C)C. The molecule has 3 N–H and O–H groups in total. The third kappa shape index (κ3) is 3.43. The van der Waals surface area contributed by atoms with Crippen LogP contribution in [0.15, 0.2) is 11.6 Å². The molecule has 0 aliphatic heterocycles. The Bertz CT molecular complexity index is 817. The maximum Gasteiger partial charge on any atom is 0.219 e. The molecule has 4 rings (SSSR count). The molecule has 0 bridgehead atoms. The van der Waals surface area contributed by atoms with Gasteiger partial charge in [-0.25, -0.2) is 0 Å². The average Bonchev–Trinajstić information content (AvgIpc) is 2.91. The van der Waals surface area contributed by atoms with Crippen LogP contribution in [0.2, 0.25) is 19.6 Å². The Hall–Kier alpha value is -0.863. The number of allylic oxidation sites excluding steroid dienone is 1. The Kier molecular flexibility index (Phi) is 5.50. The number of ketones is 2. The summed E-state index contributed by atoms with van der Waals surface area (Å²) in [5.74, 6) is -0.181. The first kappa shape index (κ1) is 23.3. The van der Waals surface area contributed by atoms with Gasteiger partial charge >= 0.3 is 0 Å². The fourth-order valence-corrected chi connectivity index (χ4v) is 8.47. The lowest BCUT2D eigenvalue weighted by Gasteiger charge is -2.60. The number of carbonyl (C=O) groups is 2. The second-order valence-corrected chi connectivity index (χ2v) is 16.4. The monoisotopic (exact) mass is 450 g/mol. The minimum atomic E-state index is -2.18. The van der Waals surface area contributed by atoms with Crippen molar-refractivity contribution < 1.29 is 29.3 Å². The first-order valence-corrected chi connectivity index (χ1v) is 15.2. The van der Waals surface area contributed by atoms with Crippen LogP contribution in [0.5, 0.6) is 0 Å². The number of fused-ring (bicyclic) bond motifs is 5. The van der Waals surface area contributed by atoms with E-state index in [4.69, 9.17) is 4.43 Å². The van der Waals surface area contributed by atoms with Crippen molar-refractivity contribution in [3.63, 3.8) is 0 Å². The van der Waals surface area contributed by atoms with Crippen LogP contribution in [-0.4, -0.2) is 53.2 Å². The number of aliphatic hydroxyl groups is 3. The predicted octanol–water partition coefficient (Wildman–Crippen LogP) is 2.96. The number of rotatable bonds is 4. The van der Waals surface area contributed by atoms with Crippen LogP contribution in [0.3, 0.4) is 0 Å². The van der Waals surface area contributed by atoms with Crippen LogP contribution in [0, 0.1) is 28.6 Å². The third-order valence-electron chi connectivity index (χ3n) is 9.15. The second-order valence-electron chi connectivity index (χ2n) is 11.9. The average molecular weight is 451 g/mol. The second kappa shape index (κ2) is 7.32. The number of carbonyl (C=O) groups excluding carboxylic acids is 2. The number of Topliss-reactive ketones (excluding diaryl/α,β-unsaturated/α-hetero) is 1. The summed E-state index contributed by atoms with van der Waals surface area (Å²) in [6.45, 7) is 9.78. The molecule has 3 fully saturated rings. The molecule has 0 saturated heterocycles. The summed E-state index contributed by atoms with van der Waals surface area (Å²) in [6.07, 6.45) is 3.76. The zero-order chi connectivity index (χ0) is 23.0. The van der Waals surface area contributed by atoms with Gasteiger partial charge in [-0.2, -0.15) is 0 Å². The maximum atomic E-state index is 13.3. The molecule has 174 valence electrons. The fraction of sp³-hybridized carbons (Fsp3) is 0.833. The Morgan fingerprint density at radius 3 is 2.52 bits per heavy atom. The molecular weight excluding hydrogens is 412 g/mol. The van der Waals surface area contributed by atoms with Crippen LogP contribution in [0.1, 0.15) is 58.8 Å². The molecule has 8 atom stereocenters. The normalized spacial score (nSPS) is 45.9. The number of hydrogen-bond donors (Lipinski definition) is 3. The first-order valence-electron chi connectivity index (χ1n) is 11.8. The Labute approximate surface area is 186 Å². The molecule has 1 unspecified atom stereocenters. The molecule has 0 amide bonds. The molecule has 0 aromatic carbocycles. The highest BCUT2D eigenvalue weighted by Gasteiger charge is 2.69. The molecule has 0 radical (unpaired) electrons. The topological polar surface area (TPSA) is 104 Å². The van der Waals surface area contributed by atoms with Gasteiger partial charge in [0.05, 0.1) is 6.10 Å². The van der Waals surface area contributed by atoms with Gasteiger partial charge in [0.25, 0.3) is 0 Å². The van der Waals surface area contributed by atoms with Crippen LogP contribution in [0.4, 0.5) is 0 Å². The Morgan fingerprint density at radius 1 is 1.19 bits per heavy atom. The van der Waals surface area contributed by atoms with E-state index in [-0.39, 0.29) is 35.4 Å². The van der Waals surface area contributed by atoms with Gasteiger partial charge in [0.1, 0.15) is 5.60 Å². The smallest absolute Gasteiger partial charge is 0.219 e. The molecule has 6 nitrogen and oxygen atoms in total. The fourth-order valence-electron chi connectivity index (χ4n) is 7.69. The molecule has 4 aliphatic rings. The zero-order valence-electron chi connectivity index (χ0n) is 19.5. The molecular formula is C24H38O6Si. The Balaban J connectivity index is 1.66. The van der Waals surface area contributed by atoms with Gasteiger partial charge in [-0.05, 0) is 87.4 Å². The van der Waals surface area contributed by atoms with Gasteiger partial charge in [0.15, 0.2) is 14.1 Å². The highest BCUT2D eigenvalue weighted by molar-refractivity contribution is 6.69. The quantitative estimate of drug-likeness (QED) is 0.449. The summed E-state index contributed by atoms with van der Waals surface area (Å²) in [5, 5.41) is 33.6. The van der Waals surface area contributed by atoms with E-state index in [9.17, 15) is 24.9 Å². The van der Waals surface area contributed by atoms with E-state index in [2.05, 4.69) is 6.92 Å². The molecule has 0 aromatic heterocycles. The van der Waals surface area contributed by atoms with Crippen molar-refractivity contribution in [1.82, 2.24) is 0 Å². The van der Waals surface area contributed by atoms with E-state index in [1.54, 1.807) is 6.08 Å². The van der Waals surface area contributed by atoms with Crippen LogP contribution >= 0.6 is 0 Å². The maximum absolute atomic E-state index is 13.3. The highest BCUT2D eigenvalue weighted by Crippen LogP contribution is 2.67. The number of hydrogen-bond acceptors (Lipinski definition) is 6. The minimum Gasteiger partial charge on any atom is -0.393 e. The van der Waals surface area contributed by atoms with Crippen molar-refractivity contribution in [2.24, 2.45) is 28.6 Å². The summed E-state index contributed by atoms with van der Waals surface area (Å²) >= 11 is 0. The largest absolute Gasteiger partial charge is 0.393 e. The molecule has 0 aromatic rings. The van der Waals surface area contributed by atoms with E-state index in [1.807, 2.05) is 26.6 Å². The molecule has 31 heavy (non-hydrogen) atoms. The van der Waals surface area contributed by atoms with Gasteiger partial charge < -0.3 is 19.7 Å². The summed E-state index contributed by atoms with van der Waals surface area (Å²) in [7, 11) is -2.18. The molecule has 7 heteroatoms. The van der Waals surface area contributed by atoms with Crippen LogP contribution < -0.4 is 0 Å². The van der Waals surface area contributed by atoms with Gasteiger partial charge in [0.2, 0.25) is 12.1 Å². The molecule has 4 aliphatic carbocycles. The van der Waals surface area contributed by atoms with Crippen LogP contribution in [-0.2, 0) is 14.0 Å². The summed E-state index contributed by atoms with van der Waals surface area (Å²) < 4.78 is 5.62. The van der Waals surface area contributed by atoms with E-state index < -0.39 is 37.5 Å². The minimum absolute atomic E-state index is 0.0271. The third-order valence-corrected chi connectivity index (χ3v) is 10.1. The van der Waals surface area contributed by atoms with E-state index >= 15 is 0 Å². The van der Waals surface area contributed by atoms with Crippen molar-refractivity contribution in [3.8, 4) is 0 Å². The molecule has 3 saturated carbocycles. The van der Waals surface area contributed by atoms with Crippen molar-refractivity contribution in [3.05, 3.63) is 11.6 Å². The molecule has 0 heterocycles. The lowest BCUT2D eigenvalue weighted by molar-refractivity contribution is -0.195. The Morgan fingerprint density at radius 2 is 1.87 bits per heavy atom. The van der Waals surface area contributed by atoms with Crippen molar-refractivity contribution in [1.29, 1.82) is 0 Å². The summed E-state index contributed by atoms with van der Waals surface area (Å²) in [6, 6.07) is 0. The van der Waals surface area contributed by atoms with Gasteiger partial charge in [0, 0.05) is 11.8 Å². The van der Waals surface area contributed by atoms with Gasteiger partial charge in [-0.3, -0.25) is 9.59 Å². The van der Waals surface area contributed by atoms with Gasteiger partial charge in [-0.1, -0.05) is 19.4 Å². The standard InChI is InChI=1S/C24H38O6Si/c1-22-10-8-15(25)12-14(22)6-7-16-17-9-11-24(29,20(27)21(28)30-31(3,4)5)23(17,2)13-18(26)19(16)22/h12,16-19,21,26,28-29H,6-11,13H2,1-5H3/t16-,17-,18-,19+,21?,22-,23-,24-/m0/s1. The highest BCUT2D eigenvalue weighted by atomic mass is 28.4. The van der Waals surface area contributed by atoms with Crippen molar-refractivity contribution >= 4 is 19.9 Å². The van der Waals surface area contributed by atoms with E-state index in [0.29, 0.717) is 19.3 Å². The lowest BCUT2D eigenvalue weighted by atomic mass is 9.45. The van der Waals surface area contributed by atoms with E-state index in [0.717, 1.165) is 24.8 Å². The van der Waals surface area contributed by atoms with E-state index in [1.165, 1.54) is 0 Å². The predicted molar refractivity (Wildman–Crippen MR) is 118 cm³/mol. The van der Waals surface area contributed by atoms with Gasteiger partial charge in [-0.15, -0.1) is 0 Å². The van der Waals surface area contributed by atoms with Crippen LogP contribution in [0.25, 0.3) is 0 Å². The van der Waals surface area contributed by atoms with Crippen molar-refractivity contribution in [2.75, 3.05) is 0 Å². The van der Waals surface area contributed by atoms with Crippen molar-refractivity contribution in [2.45, 2.75) is 96.4 Å². The lowest BCUT2D eigenvalue weighted by Crippen LogP contribution is -2.63. The zero-order valence-corrected chi connectivity index (χ0v) is 20.5. The molecule has 0 spiro atoms. The number of aliphatic hydroxyl groups excluding tert-OH is 2. The first-order chi connectivity index (χ1) is 14.2. The summed E-state index contributed by atoms with van der Waals surface area (Å²) in [5.41, 5.74) is -1.56.